The number of aryl methyl sites for hydroxylation is 3. The van der Waals surface area contributed by atoms with Crippen molar-refractivity contribution in [3.05, 3.63) is 34.5 Å². The van der Waals surface area contributed by atoms with Gasteiger partial charge in [-0.15, -0.1) is 0 Å². The average molecular weight is 228 g/mol. The highest BCUT2D eigenvalue weighted by atomic mass is 14.8. The van der Waals surface area contributed by atoms with Crippen LogP contribution in [0.5, 0.6) is 0 Å². The van der Waals surface area contributed by atoms with Gasteiger partial charge in [0.15, 0.2) is 0 Å². The number of aromatic nitrogens is 1. The van der Waals surface area contributed by atoms with Crippen LogP contribution in [0.25, 0.3) is 10.9 Å². The Bertz CT molecular complexity index is 571. The van der Waals surface area contributed by atoms with Gasteiger partial charge in [0, 0.05) is 23.8 Å². The van der Waals surface area contributed by atoms with Crippen molar-refractivity contribution in [3.8, 4) is 0 Å². The van der Waals surface area contributed by atoms with Crippen molar-refractivity contribution >= 4 is 16.6 Å². The molecule has 0 aliphatic carbocycles. The van der Waals surface area contributed by atoms with E-state index in [0.717, 1.165) is 17.6 Å². The molecule has 0 bridgehead atoms. The first kappa shape index (κ1) is 11.9. The van der Waals surface area contributed by atoms with E-state index < -0.39 is 0 Å². The third-order valence-electron chi connectivity index (χ3n) is 3.34. The molecular formula is C15H20N2. The first-order valence-corrected chi connectivity index (χ1v) is 6.16. The Morgan fingerprint density at radius 2 is 1.88 bits per heavy atom. The number of anilines is 1. The minimum atomic E-state index is 1.01. The van der Waals surface area contributed by atoms with E-state index in [1.165, 1.54) is 27.8 Å². The molecule has 0 amide bonds. The Morgan fingerprint density at radius 3 is 2.47 bits per heavy atom. The van der Waals surface area contributed by atoms with Gasteiger partial charge in [0.25, 0.3) is 0 Å². The number of hydrogen-bond donors (Lipinski definition) is 1. The lowest BCUT2D eigenvalue weighted by Crippen LogP contribution is -2.02. The molecule has 0 saturated carbocycles. The molecule has 1 aromatic heterocycles. The maximum atomic E-state index is 4.74. The summed E-state index contributed by atoms with van der Waals surface area (Å²) < 4.78 is 0. The van der Waals surface area contributed by atoms with Gasteiger partial charge in [-0.2, -0.15) is 0 Å². The Labute approximate surface area is 103 Å². The zero-order valence-electron chi connectivity index (χ0n) is 11.3. The van der Waals surface area contributed by atoms with Gasteiger partial charge in [-0.25, -0.2) is 0 Å². The van der Waals surface area contributed by atoms with E-state index in [-0.39, 0.29) is 0 Å². The molecule has 0 aliphatic heterocycles. The van der Waals surface area contributed by atoms with E-state index in [1.807, 2.05) is 7.05 Å². The maximum Gasteiger partial charge on any atom is 0.0731 e. The van der Waals surface area contributed by atoms with Crippen molar-refractivity contribution in [2.75, 3.05) is 12.4 Å². The van der Waals surface area contributed by atoms with Gasteiger partial charge in [-0.3, -0.25) is 4.98 Å². The molecule has 1 N–H and O–H groups in total. The highest BCUT2D eigenvalue weighted by Gasteiger charge is 2.12. The van der Waals surface area contributed by atoms with Crippen LogP contribution in [0, 0.1) is 20.8 Å². The summed E-state index contributed by atoms with van der Waals surface area (Å²) in [5.41, 5.74) is 7.37. The lowest BCUT2D eigenvalue weighted by Gasteiger charge is -2.16. The number of nitrogens with one attached hydrogen (secondary N) is 1. The second kappa shape index (κ2) is 4.36. The van der Waals surface area contributed by atoms with Crippen molar-refractivity contribution in [2.45, 2.75) is 34.1 Å². The van der Waals surface area contributed by atoms with Crippen LogP contribution in [-0.4, -0.2) is 12.0 Å². The number of nitrogens with zero attached hydrogens (tertiary/aromatic N) is 1. The number of pyridine rings is 1. The van der Waals surface area contributed by atoms with Crippen molar-refractivity contribution in [3.63, 3.8) is 0 Å². The molecule has 17 heavy (non-hydrogen) atoms. The number of rotatable bonds is 2. The molecule has 0 unspecified atom stereocenters. The summed E-state index contributed by atoms with van der Waals surface area (Å²) in [5.74, 6) is 0. The highest BCUT2D eigenvalue weighted by molar-refractivity contribution is 5.96. The molecule has 0 atom stereocenters. The first-order valence-electron chi connectivity index (χ1n) is 6.16. The largest absolute Gasteiger partial charge is 0.387 e. The van der Waals surface area contributed by atoms with Crippen LogP contribution < -0.4 is 5.32 Å². The SMILES string of the molecule is CCc1c(C)nc2cc(C)cc(C)c2c1NC. The summed E-state index contributed by atoms with van der Waals surface area (Å²) in [6.07, 6.45) is 1.01. The lowest BCUT2D eigenvalue weighted by atomic mass is 9.99. The summed E-state index contributed by atoms with van der Waals surface area (Å²) in [6, 6.07) is 4.38. The van der Waals surface area contributed by atoms with Gasteiger partial charge in [0.05, 0.1) is 5.52 Å². The molecule has 0 fully saturated rings. The quantitative estimate of drug-likeness (QED) is 0.846. The molecule has 90 valence electrons. The fourth-order valence-electron chi connectivity index (χ4n) is 2.65. The maximum absolute atomic E-state index is 4.74. The summed E-state index contributed by atoms with van der Waals surface area (Å²) in [6.45, 7) is 8.56. The van der Waals surface area contributed by atoms with E-state index >= 15 is 0 Å². The summed E-state index contributed by atoms with van der Waals surface area (Å²) >= 11 is 0. The average Bonchev–Trinajstić information content (AvgIpc) is 2.26. The fourth-order valence-corrected chi connectivity index (χ4v) is 2.65. The van der Waals surface area contributed by atoms with Crippen molar-refractivity contribution in [1.29, 1.82) is 0 Å². The number of fused-ring (bicyclic) bond motifs is 1. The van der Waals surface area contributed by atoms with Crippen molar-refractivity contribution < 1.29 is 0 Å². The fraction of sp³-hybridized carbons (Fsp3) is 0.400. The molecule has 1 aromatic carbocycles. The predicted octanol–water partition coefficient (Wildman–Crippen LogP) is 3.76. The normalized spacial score (nSPS) is 10.9. The van der Waals surface area contributed by atoms with Gasteiger partial charge in [-0.05, 0) is 49.9 Å². The third kappa shape index (κ3) is 1.88. The van der Waals surface area contributed by atoms with Gasteiger partial charge in [0.2, 0.25) is 0 Å². The minimum Gasteiger partial charge on any atom is -0.387 e. The van der Waals surface area contributed by atoms with Crippen molar-refractivity contribution in [1.82, 2.24) is 4.98 Å². The van der Waals surface area contributed by atoms with Crippen LogP contribution in [-0.2, 0) is 6.42 Å². The zero-order chi connectivity index (χ0) is 12.6. The molecule has 0 spiro atoms. The Balaban J connectivity index is 2.94. The zero-order valence-corrected chi connectivity index (χ0v) is 11.3. The highest BCUT2D eigenvalue weighted by Crippen LogP contribution is 2.31. The van der Waals surface area contributed by atoms with Gasteiger partial charge in [-0.1, -0.05) is 13.0 Å². The smallest absolute Gasteiger partial charge is 0.0731 e. The Morgan fingerprint density at radius 1 is 1.18 bits per heavy atom. The van der Waals surface area contributed by atoms with Gasteiger partial charge in [0.1, 0.15) is 0 Å². The minimum absolute atomic E-state index is 1.01. The van der Waals surface area contributed by atoms with Crippen molar-refractivity contribution in [2.24, 2.45) is 0 Å². The van der Waals surface area contributed by atoms with E-state index in [1.54, 1.807) is 0 Å². The molecule has 2 nitrogen and oxygen atoms in total. The molecule has 0 radical (unpaired) electrons. The molecule has 1 heterocycles. The first-order chi connectivity index (χ1) is 8.08. The van der Waals surface area contributed by atoms with Crippen LogP contribution in [0.4, 0.5) is 5.69 Å². The molecule has 0 saturated heterocycles. The molecule has 2 aromatic rings. The monoisotopic (exact) mass is 228 g/mol. The van der Waals surface area contributed by atoms with Crippen LogP contribution in [0.2, 0.25) is 0 Å². The summed E-state index contributed by atoms with van der Waals surface area (Å²) in [7, 11) is 1.99. The van der Waals surface area contributed by atoms with E-state index in [4.69, 9.17) is 4.98 Å². The topological polar surface area (TPSA) is 24.9 Å². The predicted molar refractivity (Wildman–Crippen MR) is 74.9 cm³/mol. The molecule has 0 aliphatic rings. The summed E-state index contributed by atoms with van der Waals surface area (Å²) in [5, 5.41) is 4.62. The Kier molecular flexibility index (Phi) is 3.05. The Hall–Kier alpha value is -1.57. The van der Waals surface area contributed by atoms with Crippen LogP contribution in [0.3, 0.4) is 0 Å². The third-order valence-corrected chi connectivity index (χ3v) is 3.34. The van der Waals surface area contributed by atoms with Gasteiger partial charge >= 0.3 is 0 Å². The number of benzene rings is 1. The second-order valence-corrected chi connectivity index (χ2v) is 4.63. The van der Waals surface area contributed by atoms with Crippen LogP contribution in [0.1, 0.15) is 29.3 Å². The molecule has 2 rings (SSSR count). The number of hydrogen-bond acceptors (Lipinski definition) is 2. The molecule has 2 heteroatoms. The van der Waals surface area contributed by atoms with Crippen LogP contribution in [0.15, 0.2) is 12.1 Å². The standard InChI is InChI=1S/C15H20N2/c1-6-12-11(4)17-13-8-9(2)7-10(3)14(13)15(12)16-5/h7-8H,6H2,1-5H3,(H,16,17). The van der Waals surface area contributed by atoms with E-state index in [2.05, 4.69) is 45.1 Å². The second-order valence-electron chi connectivity index (χ2n) is 4.63. The molecular weight excluding hydrogens is 208 g/mol. The summed E-state index contributed by atoms with van der Waals surface area (Å²) in [4.78, 5) is 4.74. The van der Waals surface area contributed by atoms with Gasteiger partial charge < -0.3 is 5.32 Å². The van der Waals surface area contributed by atoms with E-state index in [0.29, 0.717) is 0 Å². The lowest BCUT2D eigenvalue weighted by molar-refractivity contribution is 1.07. The van der Waals surface area contributed by atoms with E-state index in [9.17, 15) is 0 Å². The van der Waals surface area contributed by atoms with Crippen LogP contribution >= 0.6 is 0 Å².